The van der Waals surface area contributed by atoms with Crippen molar-refractivity contribution in [3.63, 3.8) is 0 Å². The number of benzene rings is 1. The highest BCUT2D eigenvalue weighted by Crippen LogP contribution is 2.11. The van der Waals surface area contributed by atoms with Crippen LogP contribution in [0.15, 0.2) is 30.3 Å². The zero-order valence-corrected chi connectivity index (χ0v) is 10.8. The number of aliphatic carboxylic acids is 1. The third-order valence-corrected chi connectivity index (χ3v) is 3.36. The molecule has 0 saturated heterocycles. The van der Waals surface area contributed by atoms with Gasteiger partial charge in [0.1, 0.15) is 6.04 Å². The van der Waals surface area contributed by atoms with E-state index in [0.717, 1.165) is 12.8 Å². The molecule has 1 N–H and O–H groups in total. The van der Waals surface area contributed by atoms with Crippen molar-refractivity contribution in [3.05, 3.63) is 35.9 Å². The van der Waals surface area contributed by atoms with Gasteiger partial charge < -0.3 is 5.11 Å². The molecule has 1 rings (SSSR count). The second-order valence-electron chi connectivity index (χ2n) is 4.55. The summed E-state index contributed by atoms with van der Waals surface area (Å²) in [4.78, 5) is 12.8. The SMILES string of the molecule is CC(CCc1ccccc1)N(C)C(C)C(=O)O. The van der Waals surface area contributed by atoms with Crippen molar-refractivity contribution < 1.29 is 9.90 Å². The molecule has 0 fully saturated rings. The molecule has 2 unspecified atom stereocenters. The van der Waals surface area contributed by atoms with Crippen molar-refractivity contribution in [2.75, 3.05) is 7.05 Å². The molecule has 0 aromatic heterocycles. The van der Waals surface area contributed by atoms with Crippen LogP contribution in [0.25, 0.3) is 0 Å². The van der Waals surface area contributed by atoms with Gasteiger partial charge in [-0.2, -0.15) is 0 Å². The van der Waals surface area contributed by atoms with Gasteiger partial charge in [0.2, 0.25) is 0 Å². The predicted molar refractivity (Wildman–Crippen MR) is 69.1 cm³/mol. The van der Waals surface area contributed by atoms with Crippen LogP contribution in [0.2, 0.25) is 0 Å². The molecule has 94 valence electrons. The highest BCUT2D eigenvalue weighted by molar-refractivity contribution is 5.72. The number of carboxylic acid groups (broad SMARTS) is 1. The molecule has 2 atom stereocenters. The number of aryl methyl sites for hydroxylation is 1. The summed E-state index contributed by atoms with van der Waals surface area (Å²) in [5.41, 5.74) is 1.30. The summed E-state index contributed by atoms with van der Waals surface area (Å²) >= 11 is 0. The largest absolute Gasteiger partial charge is 0.480 e. The number of likely N-dealkylation sites (N-methyl/N-ethyl adjacent to an activating group) is 1. The molecular formula is C14H21NO2. The highest BCUT2D eigenvalue weighted by atomic mass is 16.4. The van der Waals surface area contributed by atoms with Gasteiger partial charge in [-0.05, 0) is 39.3 Å². The third-order valence-electron chi connectivity index (χ3n) is 3.36. The van der Waals surface area contributed by atoms with Crippen molar-refractivity contribution in [1.82, 2.24) is 4.90 Å². The number of rotatable bonds is 6. The molecule has 0 radical (unpaired) electrons. The van der Waals surface area contributed by atoms with E-state index in [4.69, 9.17) is 5.11 Å². The van der Waals surface area contributed by atoms with Crippen LogP contribution in [0, 0.1) is 0 Å². The fourth-order valence-electron chi connectivity index (χ4n) is 1.78. The van der Waals surface area contributed by atoms with Crippen LogP contribution >= 0.6 is 0 Å². The first kappa shape index (κ1) is 13.7. The van der Waals surface area contributed by atoms with Crippen LogP contribution < -0.4 is 0 Å². The Hall–Kier alpha value is -1.35. The monoisotopic (exact) mass is 235 g/mol. The lowest BCUT2D eigenvalue weighted by Crippen LogP contribution is -2.41. The molecule has 0 aliphatic carbocycles. The van der Waals surface area contributed by atoms with Gasteiger partial charge in [-0.15, -0.1) is 0 Å². The second kappa shape index (κ2) is 6.40. The van der Waals surface area contributed by atoms with Gasteiger partial charge in [0, 0.05) is 6.04 Å². The summed E-state index contributed by atoms with van der Waals surface area (Å²) in [5.74, 6) is -0.765. The van der Waals surface area contributed by atoms with Crippen LogP contribution in [0.5, 0.6) is 0 Å². The summed E-state index contributed by atoms with van der Waals surface area (Å²) in [7, 11) is 1.87. The molecule has 0 aliphatic heterocycles. The zero-order chi connectivity index (χ0) is 12.8. The lowest BCUT2D eigenvalue weighted by molar-refractivity contribution is -0.142. The van der Waals surface area contributed by atoms with E-state index in [2.05, 4.69) is 19.1 Å². The predicted octanol–water partition coefficient (Wildman–Crippen LogP) is 2.41. The summed E-state index contributed by atoms with van der Waals surface area (Å²) in [6.07, 6.45) is 1.96. The Morgan fingerprint density at radius 2 is 1.88 bits per heavy atom. The summed E-state index contributed by atoms with van der Waals surface area (Å²) in [6.45, 7) is 3.80. The second-order valence-corrected chi connectivity index (χ2v) is 4.55. The fourth-order valence-corrected chi connectivity index (χ4v) is 1.78. The number of carboxylic acids is 1. The van der Waals surface area contributed by atoms with E-state index in [1.165, 1.54) is 5.56 Å². The number of nitrogens with zero attached hydrogens (tertiary/aromatic N) is 1. The standard InChI is InChI=1S/C14H21NO2/c1-11(15(3)12(2)14(16)17)9-10-13-7-5-4-6-8-13/h4-8,11-12H,9-10H2,1-3H3,(H,16,17). The summed E-state index contributed by atoms with van der Waals surface area (Å²) in [6, 6.07) is 10.1. The van der Waals surface area contributed by atoms with Gasteiger partial charge in [0.25, 0.3) is 0 Å². The smallest absolute Gasteiger partial charge is 0.320 e. The Balaban J connectivity index is 2.44. The molecule has 0 saturated carbocycles. The van der Waals surface area contributed by atoms with E-state index in [-0.39, 0.29) is 6.04 Å². The van der Waals surface area contributed by atoms with E-state index >= 15 is 0 Å². The van der Waals surface area contributed by atoms with Crippen molar-refractivity contribution in [1.29, 1.82) is 0 Å². The quantitative estimate of drug-likeness (QED) is 0.823. The van der Waals surface area contributed by atoms with Crippen LogP contribution in [-0.4, -0.2) is 35.1 Å². The van der Waals surface area contributed by atoms with Gasteiger partial charge in [0.15, 0.2) is 0 Å². The van der Waals surface area contributed by atoms with Crippen LogP contribution in [0.3, 0.4) is 0 Å². The normalized spacial score (nSPS) is 14.6. The molecule has 0 spiro atoms. The molecule has 0 aliphatic rings. The zero-order valence-electron chi connectivity index (χ0n) is 10.8. The number of hydrogen-bond donors (Lipinski definition) is 1. The van der Waals surface area contributed by atoms with Crippen molar-refractivity contribution in [2.24, 2.45) is 0 Å². The van der Waals surface area contributed by atoms with Crippen molar-refractivity contribution >= 4 is 5.97 Å². The lowest BCUT2D eigenvalue weighted by atomic mass is 10.0. The van der Waals surface area contributed by atoms with Crippen LogP contribution in [-0.2, 0) is 11.2 Å². The van der Waals surface area contributed by atoms with E-state index in [0.29, 0.717) is 0 Å². The first-order valence-electron chi connectivity index (χ1n) is 6.01. The minimum atomic E-state index is -0.765. The molecule has 0 bridgehead atoms. The maximum Gasteiger partial charge on any atom is 0.320 e. The number of hydrogen-bond acceptors (Lipinski definition) is 2. The Morgan fingerprint density at radius 3 is 2.41 bits per heavy atom. The minimum Gasteiger partial charge on any atom is -0.480 e. The molecule has 17 heavy (non-hydrogen) atoms. The minimum absolute atomic E-state index is 0.265. The highest BCUT2D eigenvalue weighted by Gasteiger charge is 2.20. The maximum absolute atomic E-state index is 10.9. The first-order chi connectivity index (χ1) is 8.02. The molecule has 3 nitrogen and oxygen atoms in total. The van der Waals surface area contributed by atoms with E-state index in [1.807, 2.05) is 30.1 Å². The Labute approximate surface area is 103 Å². The van der Waals surface area contributed by atoms with Gasteiger partial charge >= 0.3 is 5.97 Å². The van der Waals surface area contributed by atoms with E-state index in [9.17, 15) is 4.79 Å². The van der Waals surface area contributed by atoms with Crippen molar-refractivity contribution in [2.45, 2.75) is 38.8 Å². The number of carbonyl (C=O) groups is 1. The van der Waals surface area contributed by atoms with E-state index < -0.39 is 12.0 Å². The molecular weight excluding hydrogens is 214 g/mol. The molecule has 1 aromatic carbocycles. The molecule has 1 aromatic rings. The average Bonchev–Trinajstić information content (AvgIpc) is 2.35. The van der Waals surface area contributed by atoms with Crippen molar-refractivity contribution in [3.8, 4) is 0 Å². The van der Waals surface area contributed by atoms with Gasteiger partial charge in [-0.1, -0.05) is 30.3 Å². The summed E-state index contributed by atoms with van der Waals surface area (Å²) in [5, 5.41) is 8.94. The topological polar surface area (TPSA) is 40.5 Å². The Bertz CT molecular complexity index is 350. The van der Waals surface area contributed by atoms with Gasteiger partial charge in [-0.25, -0.2) is 0 Å². The third kappa shape index (κ3) is 4.19. The van der Waals surface area contributed by atoms with Crippen LogP contribution in [0.4, 0.5) is 0 Å². The molecule has 0 amide bonds. The maximum atomic E-state index is 10.9. The van der Waals surface area contributed by atoms with Crippen LogP contribution in [0.1, 0.15) is 25.8 Å². The van der Waals surface area contributed by atoms with E-state index in [1.54, 1.807) is 6.92 Å². The molecule has 0 heterocycles. The summed E-state index contributed by atoms with van der Waals surface area (Å²) < 4.78 is 0. The molecule has 3 heteroatoms. The first-order valence-corrected chi connectivity index (χ1v) is 6.01. The fraction of sp³-hybridized carbons (Fsp3) is 0.500. The lowest BCUT2D eigenvalue weighted by Gasteiger charge is -2.28. The van der Waals surface area contributed by atoms with Gasteiger partial charge in [0.05, 0.1) is 0 Å². The van der Waals surface area contributed by atoms with Gasteiger partial charge in [-0.3, -0.25) is 9.69 Å². The Morgan fingerprint density at radius 1 is 1.29 bits per heavy atom. The Kier molecular flexibility index (Phi) is 5.16. The average molecular weight is 235 g/mol.